The second-order valence-electron chi connectivity index (χ2n) is 5.62. The van der Waals surface area contributed by atoms with E-state index < -0.39 is 16.3 Å². The SMILES string of the molecule is CCCC1(C(=O)O)CCN(c2ncc(C)cc2[N+](=O)[O-])C1. The molecule has 114 valence electrons. The van der Waals surface area contributed by atoms with Gasteiger partial charge in [0.25, 0.3) is 0 Å². The molecule has 2 rings (SSSR count). The van der Waals surface area contributed by atoms with Gasteiger partial charge in [0.2, 0.25) is 5.82 Å². The second-order valence-corrected chi connectivity index (χ2v) is 5.62. The van der Waals surface area contributed by atoms with Crippen molar-refractivity contribution in [2.45, 2.75) is 33.1 Å². The molecule has 1 aliphatic rings. The summed E-state index contributed by atoms with van der Waals surface area (Å²) >= 11 is 0. The van der Waals surface area contributed by atoms with Crippen LogP contribution < -0.4 is 4.90 Å². The van der Waals surface area contributed by atoms with E-state index in [2.05, 4.69) is 4.98 Å². The minimum Gasteiger partial charge on any atom is -0.481 e. The molecule has 2 heterocycles. The number of aromatic nitrogens is 1. The van der Waals surface area contributed by atoms with Crippen molar-refractivity contribution >= 4 is 17.5 Å². The number of nitrogens with zero attached hydrogens (tertiary/aromatic N) is 3. The molecule has 0 bridgehead atoms. The van der Waals surface area contributed by atoms with E-state index in [4.69, 9.17) is 0 Å². The molecule has 1 unspecified atom stereocenters. The maximum Gasteiger partial charge on any atom is 0.311 e. The molecule has 1 aromatic heterocycles. The van der Waals surface area contributed by atoms with E-state index >= 15 is 0 Å². The van der Waals surface area contributed by atoms with Crippen LogP contribution in [-0.2, 0) is 4.79 Å². The maximum absolute atomic E-state index is 11.6. The summed E-state index contributed by atoms with van der Waals surface area (Å²) in [5.41, 5.74) is -0.176. The zero-order valence-corrected chi connectivity index (χ0v) is 12.2. The summed E-state index contributed by atoms with van der Waals surface area (Å²) in [5.74, 6) is -0.563. The fraction of sp³-hybridized carbons (Fsp3) is 0.571. The Morgan fingerprint density at radius 2 is 2.33 bits per heavy atom. The van der Waals surface area contributed by atoms with Crippen LogP contribution in [0.25, 0.3) is 0 Å². The zero-order valence-electron chi connectivity index (χ0n) is 12.2. The number of anilines is 1. The van der Waals surface area contributed by atoms with E-state index in [1.54, 1.807) is 18.0 Å². The topological polar surface area (TPSA) is 96.6 Å². The summed E-state index contributed by atoms with van der Waals surface area (Å²) in [6, 6.07) is 1.48. The molecule has 1 fully saturated rings. The first-order valence-electron chi connectivity index (χ1n) is 6.99. The zero-order chi connectivity index (χ0) is 15.6. The highest BCUT2D eigenvalue weighted by Crippen LogP contribution is 2.39. The summed E-state index contributed by atoms with van der Waals surface area (Å²) < 4.78 is 0. The van der Waals surface area contributed by atoms with E-state index in [-0.39, 0.29) is 18.1 Å². The van der Waals surface area contributed by atoms with Gasteiger partial charge in [0.15, 0.2) is 0 Å². The Kier molecular flexibility index (Phi) is 4.11. The molecule has 1 saturated heterocycles. The van der Waals surface area contributed by atoms with Crippen molar-refractivity contribution in [2.24, 2.45) is 5.41 Å². The first kappa shape index (κ1) is 15.2. The number of nitro groups is 1. The van der Waals surface area contributed by atoms with Crippen molar-refractivity contribution in [3.05, 3.63) is 27.9 Å². The van der Waals surface area contributed by atoms with Gasteiger partial charge in [0.05, 0.1) is 10.3 Å². The molecule has 0 aromatic carbocycles. The standard InChI is InChI=1S/C14H19N3O4/c1-3-4-14(13(18)19)5-6-16(9-14)12-11(17(20)21)7-10(2)8-15-12/h7-8H,3-6,9H2,1-2H3,(H,18,19). The lowest BCUT2D eigenvalue weighted by molar-refractivity contribution is -0.384. The fourth-order valence-electron chi connectivity index (χ4n) is 2.94. The number of hydrogen-bond acceptors (Lipinski definition) is 5. The molecular weight excluding hydrogens is 274 g/mol. The summed E-state index contributed by atoms with van der Waals surface area (Å²) in [4.78, 5) is 28.2. The number of aryl methyl sites for hydroxylation is 1. The van der Waals surface area contributed by atoms with Gasteiger partial charge in [-0.15, -0.1) is 0 Å². The minimum atomic E-state index is -0.832. The van der Waals surface area contributed by atoms with Crippen molar-refractivity contribution < 1.29 is 14.8 Å². The monoisotopic (exact) mass is 293 g/mol. The Balaban J connectivity index is 2.33. The van der Waals surface area contributed by atoms with Crippen LogP contribution in [0, 0.1) is 22.5 Å². The van der Waals surface area contributed by atoms with Gasteiger partial charge in [-0.05, 0) is 25.3 Å². The first-order chi connectivity index (χ1) is 9.89. The van der Waals surface area contributed by atoms with Crippen LogP contribution in [0.2, 0.25) is 0 Å². The summed E-state index contributed by atoms with van der Waals surface area (Å²) in [6.07, 6.45) is 3.40. The highest BCUT2D eigenvalue weighted by atomic mass is 16.6. The number of rotatable bonds is 5. The van der Waals surface area contributed by atoms with E-state index in [0.717, 1.165) is 6.42 Å². The first-order valence-corrected chi connectivity index (χ1v) is 6.99. The van der Waals surface area contributed by atoms with Crippen LogP contribution in [-0.4, -0.2) is 34.1 Å². The quantitative estimate of drug-likeness (QED) is 0.661. The Morgan fingerprint density at radius 3 is 2.90 bits per heavy atom. The van der Waals surface area contributed by atoms with Crippen LogP contribution in [0.4, 0.5) is 11.5 Å². The van der Waals surface area contributed by atoms with Crippen LogP contribution in [0.5, 0.6) is 0 Å². The van der Waals surface area contributed by atoms with Crippen LogP contribution in [0.1, 0.15) is 31.7 Å². The Morgan fingerprint density at radius 1 is 1.62 bits per heavy atom. The highest BCUT2D eigenvalue weighted by molar-refractivity contribution is 5.77. The molecule has 0 saturated carbocycles. The van der Waals surface area contributed by atoms with Crippen LogP contribution in [0.3, 0.4) is 0 Å². The predicted octanol–water partition coefficient (Wildman–Crippen LogP) is 2.38. The molecule has 1 aromatic rings. The van der Waals surface area contributed by atoms with Gasteiger partial charge >= 0.3 is 11.7 Å². The molecule has 1 N–H and O–H groups in total. The van der Waals surface area contributed by atoms with Gasteiger partial charge in [-0.2, -0.15) is 0 Å². The molecule has 0 spiro atoms. The van der Waals surface area contributed by atoms with Crippen molar-refractivity contribution in [1.82, 2.24) is 4.98 Å². The molecule has 0 amide bonds. The number of hydrogen-bond donors (Lipinski definition) is 1. The van der Waals surface area contributed by atoms with E-state index in [0.29, 0.717) is 24.9 Å². The molecule has 21 heavy (non-hydrogen) atoms. The Hall–Kier alpha value is -2.18. The van der Waals surface area contributed by atoms with E-state index in [1.807, 2.05) is 6.92 Å². The highest BCUT2D eigenvalue weighted by Gasteiger charge is 2.45. The molecule has 7 heteroatoms. The lowest BCUT2D eigenvalue weighted by atomic mass is 9.83. The lowest BCUT2D eigenvalue weighted by Gasteiger charge is -2.24. The van der Waals surface area contributed by atoms with E-state index in [9.17, 15) is 20.0 Å². The van der Waals surface area contributed by atoms with Gasteiger partial charge in [-0.25, -0.2) is 4.98 Å². The number of aliphatic carboxylic acids is 1. The summed E-state index contributed by atoms with van der Waals surface area (Å²) in [6.45, 7) is 4.43. The van der Waals surface area contributed by atoms with Gasteiger partial charge < -0.3 is 10.0 Å². The third-order valence-corrected chi connectivity index (χ3v) is 4.02. The number of carbonyl (C=O) groups is 1. The van der Waals surface area contributed by atoms with Crippen molar-refractivity contribution in [3.8, 4) is 0 Å². The average Bonchev–Trinajstić information content (AvgIpc) is 2.84. The third kappa shape index (κ3) is 2.81. The average molecular weight is 293 g/mol. The number of carboxylic acid groups (broad SMARTS) is 1. The fourth-order valence-corrected chi connectivity index (χ4v) is 2.94. The molecule has 0 aliphatic carbocycles. The maximum atomic E-state index is 11.6. The smallest absolute Gasteiger partial charge is 0.311 e. The molecule has 1 aliphatic heterocycles. The lowest BCUT2D eigenvalue weighted by Crippen LogP contribution is -2.35. The van der Waals surface area contributed by atoms with Gasteiger partial charge in [0.1, 0.15) is 0 Å². The van der Waals surface area contributed by atoms with E-state index in [1.165, 1.54) is 6.07 Å². The largest absolute Gasteiger partial charge is 0.481 e. The van der Waals surface area contributed by atoms with Gasteiger partial charge in [-0.3, -0.25) is 14.9 Å². The predicted molar refractivity (Wildman–Crippen MR) is 77.4 cm³/mol. The molecule has 1 atom stereocenters. The second kappa shape index (κ2) is 5.67. The molecule has 0 radical (unpaired) electrons. The van der Waals surface area contributed by atoms with Crippen LogP contribution in [0.15, 0.2) is 12.3 Å². The van der Waals surface area contributed by atoms with Crippen molar-refractivity contribution in [3.63, 3.8) is 0 Å². The third-order valence-electron chi connectivity index (χ3n) is 4.02. The Labute approximate surface area is 122 Å². The number of pyridine rings is 1. The van der Waals surface area contributed by atoms with Gasteiger partial charge in [-0.1, -0.05) is 13.3 Å². The molecule has 7 nitrogen and oxygen atoms in total. The Bertz CT molecular complexity index is 575. The number of carboxylic acids is 1. The molecular formula is C14H19N3O4. The summed E-state index contributed by atoms with van der Waals surface area (Å²) in [7, 11) is 0. The normalized spacial score (nSPS) is 21.5. The van der Waals surface area contributed by atoms with Gasteiger partial charge in [0, 0.05) is 25.4 Å². The van der Waals surface area contributed by atoms with Crippen molar-refractivity contribution in [1.29, 1.82) is 0 Å². The van der Waals surface area contributed by atoms with Crippen LogP contribution >= 0.6 is 0 Å². The summed E-state index contributed by atoms with van der Waals surface area (Å²) in [5, 5.41) is 20.7. The van der Waals surface area contributed by atoms with Crippen molar-refractivity contribution in [2.75, 3.05) is 18.0 Å². The minimum absolute atomic E-state index is 0.0623.